The predicted octanol–water partition coefficient (Wildman–Crippen LogP) is 1.19. The van der Waals surface area contributed by atoms with Gasteiger partial charge in [0.15, 0.2) is 0 Å². The molecule has 0 bridgehead atoms. The number of nitrogens with zero attached hydrogens (tertiary/aromatic N) is 2. The Hall–Kier alpha value is -1.07. The molecule has 7 heteroatoms. The van der Waals surface area contributed by atoms with Gasteiger partial charge in [-0.1, -0.05) is 18.8 Å². The Morgan fingerprint density at radius 1 is 1.48 bits per heavy atom. The van der Waals surface area contributed by atoms with Crippen LogP contribution in [0.2, 0.25) is 0 Å². The van der Waals surface area contributed by atoms with Crippen LogP contribution in [-0.4, -0.2) is 54.5 Å². The van der Waals surface area contributed by atoms with Gasteiger partial charge in [0.05, 0.1) is 0 Å². The molecular weight excluding hydrogens is 308 g/mol. The Balaban J connectivity index is 3.12. The van der Waals surface area contributed by atoms with Crippen LogP contribution in [0.1, 0.15) is 18.9 Å². The van der Waals surface area contributed by atoms with Gasteiger partial charge in [-0.2, -0.15) is 16.1 Å². The average molecular weight is 328 g/mol. The molecule has 1 heterocycles. The van der Waals surface area contributed by atoms with E-state index in [1.807, 2.05) is 13.2 Å². The lowest BCUT2D eigenvalue weighted by Crippen LogP contribution is -2.38. The summed E-state index contributed by atoms with van der Waals surface area (Å²) in [6.07, 6.45) is 5.49. The van der Waals surface area contributed by atoms with E-state index in [0.717, 1.165) is 12.2 Å². The fraction of sp³-hybridized carbons (Fsp3) is 0.500. The molecule has 1 unspecified atom stereocenters. The maximum atomic E-state index is 12.6. The standard InChI is InChI=1S/C14H20N2O3S2/c1-4-13(11-20-3)16(2)21(18,19)14-8-12(6-5-7-17)9-15-10-14/h8-10,13,17H,4,7,11H2,1-3H3. The zero-order chi connectivity index (χ0) is 15.9. The first kappa shape index (κ1) is 18.0. The Bertz CT molecular complexity index is 621. The largest absolute Gasteiger partial charge is 0.384 e. The molecule has 0 amide bonds. The fourth-order valence-electron chi connectivity index (χ4n) is 1.80. The lowest BCUT2D eigenvalue weighted by atomic mass is 10.3. The summed E-state index contributed by atoms with van der Waals surface area (Å²) in [6.45, 7) is 1.69. The normalized spacial score (nSPS) is 12.8. The zero-order valence-electron chi connectivity index (χ0n) is 12.4. The highest BCUT2D eigenvalue weighted by atomic mass is 32.2. The highest BCUT2D eigenvalue weighted by Gasteiger charge is 2.27. The minimum absolute atomic E-state index is 0.0582. The molecule has 0 fully saturated rings. The number of sulfonamides is 1. The summed E-state index contributed by atoms with van der Waals surface area (Å²) in [5.41, 5.74) is 0.469. The van der Waals surface area contributed by atoms with Crippen LogP contribution in [0.4, 0.5) is 0 Å². The summed E-state index contributed by atoms with van der Waals surface area (Å²) >= 11 is 1.62. The van der Waals surface area contributed by atoms with E-state index in [0.29, 0.717) is 5.56 Å². The number of aliphatic hydroxyl groups is 1. The van der Waals surface area contributed by atoms with Crippen molar-refractivity contribution in [3.63, 3.8) is 0 Å². The minimum atomic E-state index is -3.59. The maximum absolute atomic E-state index is 12.6. The first-order valence-electron chi connectivity index (χ1n) is 6.49. The Morgan fingerprint density at radius 3 is 2.76 bits per heavy atom. The molecule has 1 aromatic rings. The molecule has 1 aromatic heterocycles. The monoisotopic (exact) mass is 328 g/mol. The van der Waals surface area contributed by atoms with Crippen LogP contribution in [0.3, 0.4) is 0 Å². The molecule has 0 saturated carbocycles. The van der Waals surface area contributed by atoms with E-state index >= 15 is 0 Å². The Morgan fingerprint density at radius 2 is 2.19 bits per heavy atom. The molecule has 0 aliphatic heterocycles. The van der Waals surface area contributed by atoms with Crippen molar-refractivity contribution >= 4 is 21.8 Å². The van der Waals surface area contributed by atoms with Gasteiger partial charge in [-0.25, -0.2) is 8.42 Å². The SMILES string of the molecule is CCC(CSC)N(C)S(=O)(=O)c1cncc(C#CCO)c1. The molecule has 116 valence electrons. The number of hydrogen-bond donors (Lipinski definition) is 1. The smallest absolute Gasteiger partial charge is 0.244 e. The second kappa shape index (κ2) is 8.39. The maximum Gasteiger partial charge on any atom is 0.244 e. The molecule has 1 N–H and O–H groups in total. The van der Waals surface area contributed by atoms with E-state index in [1.165, 1.54) is 22.8 Å². The van der Waals surface area contributed by atoms with Crippen molar-refractivity contribution < 1.29 is 13.5 Å². The van der Waals surface area contributed by atoms with Crippen LogP contribution in [0.25, 0.3) is 0 Å². The fourth-order valence-corrected chi connectivity index (χ4v) is 4.16. The molecule has 0 aliphatic rings. The van der Waals surface area contributed by atoms with Gasteiger partial charge in [-0.15, -0.1) is 0 Å². The number of pyridine rings is 1. The van der Waals surface area contributed by atoms with E-state index in [9.17, 15) is 8.42 Å². The number of aliphatic hydroxyl groups excluding tert-OH is 1. The molecule has 0 radical (unpaired) electrons. The third kappa shape index (κ3) is 4.71. The van der Waals surface area contributed by atoms with Crippen molar-refractivity contribution in [1.29, 1.82) is 0 Å². The van der Waals surface area contributed by atoms with Crippen molar-refractivity contribution in [2.24, 2.45) is 0 Å². The number of hydrogen-bond acceptors (Lipinski definition) is 5. The average Bonchev–Trinajstić information content (AvgIpc) is 2.50. The highest BCUT2D eigenvalue weighted by molar-refractivity contribution is 7.98. The number of aromatic nitrogens is 1. The van der Waals surface area contributed by atoms with E-state index in [2.05, 4.69) is 16.8 Å². The number of rotatable bonds is 6. The Labute approximate surface area is 130 Å². The summed E-state index contributed by atoms with van der Waals surface area (Å²) in [5.74, 6) is 5.88. The van der Waals surface area contributed by atoms with E-state index in [-0.39, 0.29) is 17.5 Å². The van der Waals surface area contributed by atoms with Gasteiger partial charge >= 0.3 is 0 Å². The molecular formula is C14H20N2O3S2. The summed E-state index contributed by atoms with van der Waals surface area (Å²) in [4.78, 5) is 4.04. The van der Waals surface area contributed by atoms with Crippen molar-refractivity contribution in [3.8, 4) is 11.8 Å². The second-order valence-electron chi connectivity index (χ2n) is 4.41. The van der Waals surface area contributed by atoms with Gasteiger partial charge in [-0.3, -0.25) is 4.98 Å². The van der Waals surface area contributed by atoms with Crippen LogP contribution in [0.15, 0.2) is 23.4 Å². The second-order valence-corrected chi connectivity index (χ2v) is 7.32. The molecule has 0 spiro atoms. The van der Waals surface area contributed by atoms with Gasteiger partial charge in [0.25, 0.3) is 0 Å². The molecule has 0 saturated heterocycles. The summed E-state index contributed by atoms with van der Waals surface area (Å²) < 4.78 is 26.6. The zero-order valence-corrected chi connectivity index (χ0v) is 14.0. The summed E-state index contributed by atoms with van der Waals surface area (Å²) in [6, 6.07) is 1.42. The lowest BCUT2D eigenvalue weighted by Gasteiger charge is -2.25. The number of thioether (sulfide) groups is 1. The van der Waals surface area contributed by atoms with E-state index < -0.39 is 10.0 Å². The van der Waals surface area contributed by atoms with Gasteiger partial charge < -0.3 is 5.11 Å². The van der Waals surface area contributed by atoms with Crippen molar-refractivity contribution in [1.82, 2.24) is 9.29 Å². The van der Waals surface area contributed by atoms with Crippen molar-refractivity contribution in [2.75, 3.05) is 25.7 Å². The van der Waals surface area contributed by atoms with Gasteiger partial charge in [0.1, 0.15) is 11.5 Å². The van der Waals surface area contributed by atoms with Gasteiger partial charge in [0.2, 0.25) is 10.0 Å². The quantitative estimate of drug-likeness (QED) is 0.794. The molecule has 0 aromatic carbocycles. The first-order valence-corrected chi connectivity index (χ1v) is 9.32. The van der Waals surface area contributed by atoms with Gasteiger partial charge in [-0.05, 0) is 18.7 Å². The molecule has 1 atom stereocenters. The lowest BCUT2D eigenvalue weighted by molar-refractivity contribution is 0.350. The first-order chi connectivity index (χ1) is 9.97. The molecule has 21 heavy (non-hydrogen) atoms. The van der Waals surface area contributed by atoms with Crippen molar-refractivity contribution in [2.45, 2.75) is 24.3 Å². The predicted molar refractivity (Wildman–Crippen MR) is 85.6 cm³/mol. The third-order valence-electron chi connectivity index (χ3n) is 3.05. The highest BCUT2D eigenvalue weighted by Crippen LogP contribution is 2.19. The third-order valence-corrected chi connectivity index (χ3v) is 5.64. The van der Waals surface area contributed by atoms with Crippen molar-refractivity contribution in [3.05, 3.63) is 24.0 Å². The van der Waals surface area contributed by atoms with Crippen LogP contribution >= 0.6 is 11.8 Å². The van der Waals surface area contributed by atoms with E-state index in [1.54, 1.807) is 18.8 Å². The van der Waals surface area contributed by atoms with Gasteiger partial charge in [0, 0.05) is 36.8 Å². The molecule has 0 aliphatic carbocycles. The summed E-state index contributed by atoms with van der Waals surface area (Å²) in [5, 5.41) is 8.69. The summed E-state index contributed by atoms with van der Waals surface area (Å²) in [7, 11) is -2.00. The molecule has 1 rings (SSSR count). The Kier molecular flexibility index (Phi) is 7.18. The topological polar surface area (TPSA) is 70.5 Å². The molecule has 5 nitrogen and oxygen atoms in total. The minimum Gasteiger partial charge on any atom is -0.384 e. The van der Waals surface area contributed by atoms with Crippen LogP contribution in [0, 0.1) is 11.8 Å². The van der Waals surface area contributed by atoms with E-state index in [4.69, 9.17) is 5.11 Å². The van der Waals surface area contributed by atoms with Crippen LogP contribution in [0.5, 0.6) is 0 Å². The van der Waals surface area contributed by atoms with Crippen LogP contribution in [-0.2, 0) is 10.0 Å². The van der Waals surface area contributed by atoms with Crippen LogP contribution < -0.4 is 0 Å².